The van der Waals surface area contributed by atoms with Crippen molar-refractivity contribution in [1.82, 2.24) is 15.0 Å². The Kier molecular flexibility index (Phi) is 7.50. The quantitative estimate of drug-likeness (QED) is 0.333. The zero-order valence-electron chi connectivity index (χ0n) is 21.5. The minimum Gasteiger partial charge on any atom is -0.505 e. The van der Waals surface area contributed by atoms with Crippen LogP contribution >= 0.6 is 10.6 Å². The molecule has 0 radical (unpaired) electrons. The Morgan fingerprint density at radius 3 is 1.97 bits per heavy atom. The number of fused-ring (bicyclic) bond motifs is 1. The van der Waals surface area contributed by atoms with Gasteiger partial charge in [-0.15, -0.1) is 15.0 Å². The van der Waals surface area contributed by atoms with Crippen molar-refractivity contribution in [3.8, 4) is 11.4 Å². The Hall–Kier alpha value is -1.66. The molecule has 33 heavy (non-hydrogen) atoms. The predicted molar refractivity (Wildman–Crippen MR) is 145 cm³/mol. The molecule has 1 heterocycles. The maximum Gasteiger partial charge on any atom is 0.215 e. The molecule has 1 unspecified atom stereocenters. The average Bonchev–Trinajstić information content (AvgIpc) is 3.04. The van der Waals surface area contributed by atoms with Crippen molar-refractivity contribution in [2.75, 3.05) is 12.0 Å². The van der Waals surface area contributed by atoms with Gasteiger partial charge < -0.3 is 12.9 Å². The molecule has 0 aliphatic heterocycles. The van der Waals surface area contributed by atoms with Crippen LogP contribution < -0.4 is 0 Å². The fourth-order valence-electron chi connectivity index (χ4n) is 4.20. The molecule has 6 nitrogen and oxygen atoms in total. The highest BCUT2D eigenvalue weighted by molar-refractivity contribution is 8.26. The van der Waals surface area contributed by atoms with Crippen LogP contribution in [0.2, 0.25) is 39.3 Å². The predicted octanol–water partition coefficient (Wildman–Crippen LogP) is 6.58. The van der Waals surface area contributed by atoms with Crippen LogP contribution in [0, 0.1) is 12.8 Å². The van der Waals surface area contributed by atoms with Crippen LogP contribution in [0.15, 0.2) is 36.4 Å². The molecule has 0 fully saturated rings. The number of aryl methyl sites for hydroxylation is 1. The zero-order chi connectivity index (χ0) is 24.6. The number of benzene rings is 2. The molecule has 0 saturated carbocycles. The van der Waals surface area contributed by atoms with Crippen LogP contribution in [-0.4, -0.2) is 48.7 Å². The highest BCUT2D eigenvalue weighted by Gasteiger charge is 2.32. The highest BCUT2D eigenvalue weighted by Crippen LogP contribution is 2.53. The van der Waals surface area contributed by atoms with Gasteiger partial charge in [-0.2, -0.15) is 0 Å². The Morgan fingerprint density at radius 1 is 0.970 bits per heavy atom. The van der Waals surface area contributed by atoms with Gasteiger partial charge in [0.1, 0.15) is 22.5 Å². The molecule has 3 aromatic rings. The van der Waals surface area contributed by atoms with Gasteiger partial charge in [0.15, 0.2) is 0 Å². The summed E-state index contributed by atoms with van der Waals surface area (Å²) in [6, 6.07) is 11.7. The lowest BCUT2D eigenvalue weighted by molar-refractivity contribution is 0.451. The Balaban J connectivity index is 1.87. The molecule has 1 N–H and O–H groups in total. The summed E-state index contributed by atoms with van der Waals surface area (Å²) in [5.74, 6) is 1.36. The van der Waals surface area contributed by atoms with Gasteiger partial charge in [0, 0.05) is 12.0 Å². The molecular weight excluding hydrogens is 467 g/mol. The van der Waals surface area contributed by atoms with Crippen LogP contribution in [0.1, 0.15) is 18.1 Å². The third-order valence-electron chi connectivity index (χ3n) is 4.82. The van der Waals surface area contributed by atoms with E-state index in [0.29, 0.717) is 5.69 Å². The Morgan fingerprint density at radius 2 is 1.48 bits per heavy atom. The third-order valence-corrected chi connectivity index (χ3v) is 12.8. The topological polar surface area (TPSA) is 69.4 Å². The second-order valence-corrected chi connectivity index (χ2v) is 23.0. The van der Waals surface area contributed by atoms with Crippen molar-refractivity contribution in [3.05, 3.63) is 47.5 Å². The van der Waals surface area contributed by atoms with Crippen molar-refractivity contribution < 1.29 is 12.9 Å². The maximum absolute atomic E-state index is 11.2. The molecule has 0 spiro atoms. The first-order valence-electron chi connectivity index (χ1n) is 11.5. The zero-order valence-corrected chi connectivity index (χ0v) is 24.3. The molecule has 1 aromatic heterocycles. The first-order chi connectivity index (χ1) is 15.1. The van der Waals surface area contributed by atoms with E-state index in [1.54, 1.807) is 4.80 Å². The number of phenols is 1. The summed E-state index contributed by atoms with van der Waals surface area (Å²) in [6.45, 7) is 17.6. The first kappa shape index (κ1) is 26.0. The lowest BCUT2D eigenvalue weighted by atomic mass is 9.99. The summed E-state index contributed by atoms with van der Waals surface area (Å²) < 4.78 is 13.3. The van der Waals surface area contributed by atoms with E-state index in [1.165, 1.54) is 0 Å². The van der Waals surface area contributed by atoms with E-state index in [2.05, 4.69) is 68.7 Å². The number of hydrogen-bond acceptors (Lipinski definition) is 5. The molecule has 0 amide bonds. The van der Waals surface area contributed by atoms with Crippen LogP contribution in [0.4, 0.5) is 0 Å². The van der Waals surface area contributed by atoms with E-state index in [4.69, 9.17) is 7.74 Å². The third kappa shape index (κ3) is 7.16. The monoisotopic (exact) mass is 505 g/mol. The Labute approximate surface area is 202 Å². The second kappa shape index (κ2) is 9.54. The van der Waals surface area contributed by atoms with Crippen LogP contribution in [-0.2, 0) is 14.2 Å². The van der Waals surface area contributed by atoms with E-state index in [1.807, 2.05) is 37.3 Å². The van der Waals surface area contributed by atoms with E-state index < -0.39 is 27.2 Å². The molecule has 0 bridgehead atoms. The SMILES string of the molecule is Cc1cc(CC(C)CS(C)(O[Si](C)(C)C)O[Si](C)(C)C)c(O)c(-n2nc3ccccc3n2)c1. The summed E-state index contributed by atoms with van der Waals surface area (Å²) in [5.41, 5.74) is 4.19. The minimum atomic E-state index is -1.78. The summed E-state index contributed by atoms with van der Waals surface area (Å²) >= 11 is 0. The smallest absolute Gasteiger partial charge is 0.215 e. The fraction of sp³-hybridized carbons (Fsp3) is 0.500. The lowest BCUT2D eigenvalue weighted by Gasteiger charge is -2.49. The summed E-state index contributed by atoms with van der Waals surface area (Å²) in [6.07, 6.45) is 2.90. The van der Waals surface area contributed by atoms with Crippen molar-refractivity contribution in [2.24, 2.45) is 5.92 Å². The van der Waals surface area contributed by atoms with Gasteiger partial charge in [0.05, 0.1) is 0 Å². The molecule has 0 saturated heterocycles. The Bertz CT molecular complexity index is 1070. The van der Waals surface area contributed by atoms with Gasteiger partial charge in [-0.05, 0) is 87.9 Å². The van der Waals surface area contributed by atoms with Gasteiger partial charge in [-0.1, -0.05) is 25.1 Å². The molecule has 3 rings (SSSR count). The molecule has 9 heteroatoms. The van der Waals surface area contributed by atoms with Crippen LogP contribution in [0.25, 0.3) is 16.7 Å². The second-order valence-electron chi connectivity index (χ2n) is 11.1. The number of phenolic OH excluding ortho intramolecular Hbond substituents is 1. The van der Waals surface area contributed by atoms with E-state index in [9.17, 15) is 5.11 Å². The van der Waals surface area contributed by atoms with Gasteiger partial charge in [-0.25, -0.2) is 10.6 Å². The average molecular weight is 506 g/mol. The number of hydrogen-bond donors (Lipinski definition) is 1. The highest BCUT2D eigenvalue weighted by atomic mass is 32.3. The van der Waals surface area contributed by atoms with Crippen molar-refractivity contribution in [3.63, 3.8) is 0 Å². The van der Waals surface area contributed by atoms with Gasteiger partial charge in [0.2, 0.25) is 16.6 Å². The number of aromatic hydroxyl groups is 1. The van der Waals surface area contributed by atoms with E-state index in [-0.39, 0.29) is 11.7 Å². The normalized spacial score (nSPS) is 14.6. The van der Waals surface area contributed by atoms with Gasteiger partial charge in [-0.3, -0.25) is 0 Å². The van der Waals surface area contributed by atoms with E-state index >= 15 is 0 Å². The summed E-state index contributed by atoms with van der Waals surface area (Å²) in [7, 11) is -5.22. The standard InChI is InChI=1S/C24H39N3O3SSi2/c1-18-14-20(15-19(2)17-31(3,29-32(4,5)6)30-33(7,8)9)24(28)23(16-18)27-25-21-12-10-11-13-22(21)26-27/h10-14,16,19,28H,15,17H2,1-9H3. The van der Waals surface area contributed by atoms with Crippen LogP contribution in [0.5, 0.6) is 5.75 Å². The van der Waals surface area contributed by atoms with Gasteiger partial charge in [0.25, 0.3) is 0 Å². The molecule has 0 aliphatic carbocycles. The van der Waals surface area contributed by atoms with E-state index in [0.717, 1.165) is 34.3 Å². The first-order valence-corrected chi connectivity index (χ1v) is 20.3. The lowest BCUT2D eigenvalue weighted by Crippen LogP contribution is -2.36. The summed E-state index contributed by atoms with van der Waals surface area (Å²) in [5, 5.41) is 20.3. The molecule has 2 aromatic carbocycles. The van der Waals surface area contributed by atoms with Crippen LogP contribution in [0.3, 0.4) is 0 Å². The summed E-state index contributed by atoms with van der Waals surface area (Å²) in [4.78, 5) is 1.54. The van der Waals surface area contributed by atoms with Crippen molar-refractivity contribution in [2.45, 2.75) is 59.6 Å². The number of nitrogens with zero attached hydrogens (tertiary/aromatic N) is 3. The maximum atomic E-state index is 11.2. The van der Waals surface area contributed by atoms with Crippen molar-refractivity contribution >= 4 is 38.3 Å². The number of aromatic nitrogens is 3. The molecular formula is C24H39N3O3SSi2. The minimum absolute atomic E-state index is 0.238. The largest absolute Gasteiger partial charge is 0.505 e. The molecule has 182 valence electrons. The molecule has 0 aliphatic rings. The van der Waals surface area contributed by atoms with Gasteiger partial charge >= 0.3 is 0 Å². The number of rotatable bonds is 9. The molecule has 1 atom stereocenters. The van der Waals surface area contributed by atoms with Crippen molar-refractivity contribution in [1.29, 1.82) is 0 Å². The fourth-order valence-corrected chi connectivity index (χ4v) is 14.8.